The molecule has 112 valence electrons. The molecule has 0 atom stereocenters. The van der Waals surface area contributed by atoms with Crippen molar-refractivity contribution in [1.29, 1.82) is 0 Å². The zero-order chi connectivity index (χ0) is 14.7. The van der Waals surface area contributed by atoms with E-state index in [0.29, 0.717) is 12.5 Å². The Morgan fingerprint density at radius 2 is 1.95 bits per heavy atom. The number of benzene rings is 1. The van der Waals surface area contributed by atoms with Crippen molar-refractivity contribution >= 4 is 0 Å². The summed E-state index contributed by atoms with van der Waals surface area (Å²) in [6.45, 7) is 0. The summed E-state index contributed by atoms with van der Waals surface area (Å²) in [7, 11) is 1.66. The van der Waals surface area contributed by atoms with Crippen molar-refractivity contribution in [3.8, 4) is 5.75 Å². The number of aromatic amines is 1. The second-order valence-electron chi connectivity index (χ2n) is 5.63. The average Bonchev–Trinajstić information content (AvgIpc) is 2.89. The minimum absolute atomic E-state index is 0.0783. The van der Waals surface area contributed by atoms with Crippen molar-refractivity contribution < 1.29 is 4.74 Å². The monoisotopic (exact) mass is 287 g/mol. The second-order valence-corrected chi connectivity index (χ2v) is 5.63. The molecule has 21 heavy (non-hydrogen) atoms. The first-order valence-electron chi connectivity index (χ1n) is 7.56. The maximum Gasteiger partial charge on any atom is 0.343 e. The lowest BCUT2D eigenvalue weighted by Gasteiger charge is -2.23. The van der Waals surface area contributed by atoms with Crippen LogP contribution in [0.1, 0.15) is 49.5 Å². The van der Waals surface area contributed by atoms with Crippen molar-refractivity contribution in [2.45, 2.75) is 44.6 Å². The predicted octanol–water partition coefficient (Wildman–Crippen LogP) is 2.68. The molecule has 1 heterocycles. The van der Waals surface area contributed by atoms with Crippen molar-refractivity contribution in [2.24, 2.45) is 0 Å². The molecule has 5 heteroatoms. The minimum Gasteiger partial charge on any atom is -0.497 e. The quantitative estimate of drug-likeness (QED) is 0.940. The Hall–Kier alpha value is -2.04. The molecular weight excluding hydrogens is 266 g/mol. The van der Waals surface area contributed by atoms with E-state index in [-0.39, 0.29) is 5.69 Å². The number of rotatable bonds is 4. The Bertz CT molecular complexity index is 636. The molecule has 1 saturated carbocycles. The van der Waals surface area contributed by atoms with Crippen molar-refractivity contribution in [3.63, 3.8) is 0 Å². The zero-order valence-corrected chi connectivity index (χ0v) is 12.3. The molecule has 1 N–H and O–H groups in total. The van der Waals surface area contributed by atoms with Crippen molar-refractivity contribution in [3.05, 3.63) is 46.1 Å². The summed E-state index contributed by atoms with van der Waals surface area (Å²) in [5.41, 5.74) is 1.05. The Morgan fingerprint density at radius 3 is 2.62 bits per heavy atom. The number of aromatic nitrogens is 3. The molecule has 0 radical (unpaired) electrons. The molecule has 1 aliphatic carbocycles. The first kappa shape index (κ1) is 13.9. The summed E-state index contributed by atoms with van der Waals surface area (Å²) in [5, 5.41) is 6.83. The summed E-state index contributed by atoms with van der Waals surface area (Å²) in [6.07, 6.45) is 6.49. The van der Waals surface area contributed by atoms with Crippen molar-refractivity contribution in [1.82, 2.24) is 14.8 Å². The number of hydrogen-bond donors (Lipinski definition) is 1. The highest BCUT2D eigenvalue weighted by molar-refractivity contribution is 5.28. The minimum atomic E-state index is -0.0783. The lowest BCUT2D eigenvalue weighted by atomic mass is 9.95. The number of hydrogen-bond acceptors (Lipinski definition) is 3. The van der Waals surface area contributed by atoms with E-state index in [2.05, 4.69) is 10.2 Å². The Labute approximate surface area is 124 Å². The van der Waals surface area contributed by atoms with Gasteiger partial charge in [0.1, 0.15) is 11.6 Å². The van der Waals surface area contributed by atoms with Gasteiger partial charge in [-0.25, -0.2) is 9.89 Å². The average molecular weight is 287 g/mol. The third kappa shape index (κ3) is 3.01. The fraction of sp³-hybridized carbons (Fsp3) is 0.500. The van der Waals surface area contributed by atoms with E-state index in [1.165, 1.54) is 19.3 Å². The molecule has 1 fully saturated rings. The summed E-state index contributed by atoms with van der Waals surface area (Å²) >= 11 is 0. The van der Waals surface area contributed by atoms with Gasteiger partial charge < -0.3 is 4.74 Å². The van der Waals surface area contributed by atoms with Crippen LogP contribution in [0.15, 0.2) is 29.1 Å². The molecule has 5 nitrogen and oxygen atoms in total. The number of nitrogens with one attached hydrogen (secondary N) is 1. The Balaban J connectivity index is 1.83. The third-order valence-corrected chi connectivity index (χ3v) is 4.24. The van der Waals surface area contributed by atoms with Crippen LogP contribution in [0, 0.1) is 0 Å². The fourth-order valence-corrected chi connectivity index (χ4v) is 3.10. The molecule has 0 spiro atoms. The lowest BCUT2D eigenvalue weighted by molar-refractivity contribution is 0.340. The fourth-order valence-electron chi connectivity index (χ4n) is 3.10. The molecule has 0 saturated heterocycles. The summed E-state index contributed by atoms with van der Waals surface area (Å²) in [5.74, 6) is 1.67. The van der Waals surface area contributed by atoms with Gasteiger partial charge in [-0.2, -0.15) is 5.10 Å². The van der Waals surface area contributed by atoms with Gasteiger partial charge in [0.25, 0.3) is 0 Å². The highest BCUT2D eigenvalue weighted by Gasteiger charge is 2.21. The standard InChI is InChI=1S/C16H21N3O2/c1-21-14-9-7-12(8-10-14)11-15-17-18-16(20)19(15)13-5-3-2-4-6-13/h7-10,13H,2-6,11H2,1H3,(H,18,20). The molecule has 1 aliphatic rings. The van der Waals surface area contributed by atoms with E-state index in [1.54, 1.807) is 7.11 Å². The first-order chi connectivity index (χ1) is 10.3. The van der Waals surface area contributed by atoms with Crippen LogP contribution in [0.5, 0.6) is 5.75 Å². The summed E-state index contributed by atoms with van der Waals surface area (Å²) in [6, 6.07) is 8.21. The van der Waals surface area contributed by atoms with E-state index in [4.69, 9.17) is 4.74 Å². The van der Waals surface area contributed by atoms with Crippen LogP contribution in [0.4, 0.5) is 0 Å². The Morgan fingerprint density at radius 1 is 1.24 bits per heavy atom. The van der Waals surface area contributed by atoms with E-state index in [0.717, 1.165) is 30.0 Å². The molecule has 2 aromatic rings. The zero-order valence-electron chi connectivity index (χ0n) is 12.3. The van der Waals surface area contributed by atoms with Gasteiger partial charge in [-0.3, -0.25) is 4.57 Å². The van der Waals surface area contributed by atoms with Gasteiger partial charge >= 0.3 is 5.69 Å². The number of methoxy groups -OCH3 is 1. The highest BCUT2D eigenvalue weighted by atomic mass is 16.5. The van der Waals surface area contributed by atoms with Crippen LogP contribution >= 0.6 is 0 Å². The maximum atomic E-state index is 12.1. The lowest BCUT2D eigenvalue weighted by Crippen LogP contribution is -2.26. The van der Waals surface area contributed by atoms with Crippen molar-refractivity contribution in [2.75, 3.05) is 7.11 Å². The van der Waals surface area contributed by atoms with Gasteiger partial charge in [-0.05, 0) is 30.5 Å². The normalized spacial score (nSPS) is 16.0. The molecule has 0 aliphatic heterocycles. The molecule has 0 amide bonds. The molecule has 1 aromatic carbocycles. The van der Waals surface area contributed by atoms with Gasteiger partial charge in [0.05, 0.1) is 7.11 Å². The largest absolute Gasteiger partial charge is 0.497 e. The SMILES string of the molecule is COc1ccc(Cc2n[nH]c(=O)n2C2CCCCC2)cc1. The van der Waals surface area contributed by atoms with Crippen LogP contribution in [-0.4, -0.2) is 21.9 Å². The van der Waals surface area contributed by atoms with Crippen LogP contribution in [0.3, 0.4) is 0 Å². The summed E-state index contributed by atoms with van der Waals surface area (Å²) in [4.78, 5) is 12.1. The van der Waals surface area contributed by atoms with Crippen LogP contribution in [-0.2, 0) is 6.42 Å². The van der Waals surface area contributed by atoms with Crippen LogP contribution in [0.2, 0.25) is 0 Å². The second kappa shape index (κ2) is 6.16. The molecule has 3 rings (SSSR count). The van der Waals surface area contributed by atoms with E-state index in [9.17, 15) is 4.79 Å². The van der Waals surface area contributed by atoms with E-state index >= 15 is 0 Å². The van der Waals surface area contributed by atoms with Gasteiger partial charge in [0.2, 0.25) is 0 Å². The van der Waals surface area contributed by atoms with Crippen LogP contribution < -0.4 is 10.4 Å². The maximum absolute atomic E-state index is 12.1. The highest BCUT2D eigenvalue weighted by Crippen LogP contribution is 2.28. The number of ether oxygens (including phenoxy) is 1. The smallest absolute Gasteiger partial charge is 0.343 e. The first-order valence-corrected chi connectivity index (χ1v) is 7.56. The topological polar surface area (TPSA) is 59.9 Å². The summed E-state index contributed by atoms with van der Waals surface area (Å²) < 4.78 is 7.03. The number of nitrogens with zero attached hydrogens (tertiary/aromatic N) is 2. The van der Waals surface area contributed by atoms with Gasteiger partial charge in [0.15, 0.2) is 0 Å². The van der Waals surface area contributed by atoms with Gasteiger partial charge in [0, 0.05) is 12.5 Å². The van der Waals surface area contributed by atoms with E-state index in [1.807, 2.05) is 28.8 Å². The van der Waals surface area contributed by atoms with Gasteiger partial charge in [-0.1, -0.05) is 31.4 Å². The van der Waals surface area contributed by atoms with E-state index < -0.39 is 0 Å². The molecule has 0 bridgehead atoms. The third-order valence-electron chi connectivity index (χ3n) is 4.24. The Kier molecular flexibility index (Phi) is 4.08. The number of H-pyrrole nitrogens is 1. The molecular formula is C16H21N3O2. The predicted molar refractivity (Wildman–Crippen MR) is 80.8 cm³/mol. The van der Waals surface area contributed by atoms with Gasteiger partial charge in [-0.15, -0.1) is 0 Å². The van der Waals surface area contributed by atoms with Crippen LogP contribution in [0.25, 0.3) is 0 Å². The molecule has 1 aromatic heterocycles. The molecule has 0 unspecified atom stereocenters.